The number of halogens is 2. The van der Waals surface area contributed by atoms with Crippen LogP contribution in [0.25, 0.3) is 0 Å². The molecule has 1 N–H and O–H groups in total. The van der Waals surface area contributed by atoms with Crippen LogP contribution >= 0.6 is 11.6 Å². The molecule has 2 rings (SSSR count). The van der Waals surface area contributed by atoms with Gasteiger partial charge in [-0.05, 0) is 43.7 Å². The summed E-state index contributed by atoms with van der Waals surface area (Å²) in [7, 11) is 0. The van der Waals surface area contributed by atoms with Gasteiger partial charge in [-0.2, -0.15) is 0 Å². The molecule has 120 valence electrons. The van der Waals surface area contributed by atoms with Gasteiger partial charge >= 0.3 is 5.97 Å². The maximum Gasteiger partial charge on any atom is 0.357 e. The molecule has 23 heavy (non-hydrogen) atoms. The first-order chi connectivity index (χ1) is 10.9. The van der Waals surface area contributed by atoms with E-state index in [1.165, 1.54) is 37.4 Å². The quantitative estimate of drug-likeness (QED) is 0.869. The molecule has 5 nitrogen and oxygen atoms in total. The number of rotatable bonds is 4. The van der Waals surface area contributed by atoms with Gasteiger partial charge in [-0.3, -0.25) is 4.79 Å². The van der Waals surface area contributed by atoms with E-state index in [0.29, 0.717) is 10.6 Å². The number of aryl methyl sites for hydroxylation is 1. The Hall–Kier alpha value is -2.47. The number of amides is 1. The zero-order valence-electron chi connectivity index (χ0n) is 12.5. The summed E-state index contributed by atoms with van der Waals surface area (Å²) in [6, 6.07) is 7.14. The minimum Gasteiger partial charge on any atom is -0.448 e. The lowest BCUT2D eigenvalue weighted by Gasteiger charge is -2.13. The summed E-state index contributed by atoms with van der Waals surface area (Å²) in [5.41, 5.74) is 0.745. The van der Waals surface area contributed by atoms with Crippen molar-refractivity contribution >= 4 is 29.2 Å². The second kappa shape index (κ2) is 7.19. The van der Waals surface area contributed by atoms with Gasteiger partial charge in [0.25, 0.3) is 5.91 Å². The third-order valence-electron chi connectivity index (χ3n) is 3.02. The van der Waals surface area contributed by atoms with Gasteiger partial charge in [-0.15, -0.1) is 0 Å². The predicted octanol–water partition coefficient (Wildman–Crippen LogP) is 3.37. The van der Waals surface area contributed by atoms with Crippen LogP contribution in [0.1, 0.15) is 23.0 Å². The van der Waals surface area contributed by atoms with Crippen molar-refractivity contribution in [3.8, 4) is 0 Å². The molecular weight excluding hydrogens is 323 g/mol. The zero-order chi connectivity index (χ0) is 17.0. The number of hydrogen-bond acceptors (Lipinski definition) is 4. The molecule has 0 spiro atoms. The van der Waals surface area contributed by atoms with Crippen LogP contribution < -0.4 is 5.32 Å². The van der Waals surface area contributed by atoms with Crippen LogP contribution in [0.2, 0.25) is 5.02 Å². The third kappa shape index (κ3) is 4.50. The molecule has 0 radical (unpaired) electrons. The van der Waals surface area contributed by atoms with Gasteiger partial charge in [-0.1, -0.05) is 17.7 Å². The Morgan fingerprint density at radius 2 is 2.04 bits per heavy atom. The topological polar surface area (TPSA) is 68.3 Å². The summed E-state index contributed by atoms with van der Waals surface area (Å²) in [5, 5.41) is 2.81. The smallest absolute Gasteiger partial charge is 0.357 e. The summed E-state index contributed by atoms with van der Waals surface area (Å²) in [4.78, 5) is 27.7. The molecule has 1 atom stereocenters. The number of hydrogen-bond donors (Lipinski definition) is 1. The normalized spacial score (nSPS) is 11.7. The fraction of sp³-hybridized carbons (Fsp3) is 0.188. The summed E-state index contributed by atoms with van der Waals surface area (Å²) in [6.07, 6.45) is 0.284. The summed E-state index contributed by atoms with van der Waals surface area (Å²) >= 11 is 5.76. The number of aromatic nitrogens is 1. The molecule has 7 heteroatoms. The highest BCUT2D eigenvalue weighted by atomic mass is 35.5. The minimum absolute atomic E-state index is 0.00136. The van der Waals surface area contributed by atoms with Crippen LogP contribution in [-0.2, 0) is 9.53 Å². The van der Waals surface area contributed by atoms with Crippen molar-refractivity contribution in [2.45, 2.75) is 20.0 Å². The van der Waals surface area contributed by atoms with Gasteiger partial charge in [0.05, 0.1) is 0 Å². The van der Waals surface area contributed by atoms with Gasteiger partial charge in [0.2, 0.25) is 0 Å². The van der Waals surface area contributed by atoms with Crippen LogP contribution in [0, 0.1) is 12.7 Å². The number of benzene rings is 1. The van der Waals surface area contributed by atoms with Crippen molar-refractivity contribution in [1.29, 1.82) is 0 Å². The van der Waals surface area contributed by atoms with Gasteiger partial charge < -0.3 is 10.1 Å². The number of carbonyl (C=O) groups is 2. The standard InChI is InChI=1S/C16H14ClFN2O3/c1-9-3-4-12(8-13(9)18)20-15(21)10(2)23-16(22)14-7-11(17)5-6-19-14/h3-8,10H,1-2H3,(H,20,21)/t10-/m1/s1. The lowest BCUT2D eigenvalue weighted by Crippen LogP contribution is -2.30. The molecule has 0 fully saturated rings. The van der Waals surface area contributed by atoms with Crippen LogP contribution in [-0.4, -0.2) is 23.0 Å². The van der Waals surface area contributed by atoms with Gasteiger partial charge in [0.1, 0.15) is 11.5 Å². The molecule has 0 aliphatic carbocycles. The third-order valence-corrected chi connectivity index (χ3v) is 3.26. The highest BCUT2D eigenvalue weighted by Gasteiger charge is 2.20. The number of carbonyl (C=O) groups excluding carboxylic acids is 2. The molecule has 1 aromatic carbocycles. The fourth-order valence-corrected chi connectivity index (χ4v) is 1.87. The number of nitrogens with one attached hydrogen (secondary N) is 1. The van der Waals surface area contributed by atoms with Crippen LogP contribution in [0.5, 0.6) is 0 Å². The molecule has 1 amide bonds. The van der Waals surface area contributed by atoms with E-state index < -0.39 is 23.8 Å². The SMILES string of the molecule is Cc1ccc(NC(=O)[C@@H](C)OC(=O)c2cc(Cl)ccn2)cc1F. The van der Waals surface area contributed by atoms with Crippen molar-refractivity contribution in [3.63, 3.8) is 0 Å². The van der Waals surface area contributed by atoms with Crippen LogP contribution in [0.4, 0.5) is 10.1 Å². The Morgan fingerprint density at radius 1 is 1.30 bits per heavy atom. The molecule has 0 aliphatic heterocycles. The van der Waals surface area contributed by atoms with Gasteiger partial charge in [-0.25, -0.2) is 14.2 Å². The average Bonchev–Trinajstić information content (AvgIpc) is 2.50. The van der Waals surface area contributed by atoms with Crippen LogP contribution in [0.15, 0.2) is 36.5 Å². The lowest BCUT2D eigenvalue weighted by atomic mass is 10.2. The molecule has 0 saturated carbocycles. The highest BCUT2D eigenvalue weighted by molar-refractivity contribution is 6.30. The molecule has 1 aromatic heterocycles. The Bertz CT molecular complexity index is 752. The second-order valence-corrected chi connectivity index (χ2v) is 5.30. The fourth-order valence-electron chi connectivity index (χ4n) is 1.71. The summed E-state index contributed by atoms with van der Waals surface area (Å²) in [5.74, 6) is -1.79. The van der Waals surface area contributed by atoms with E-state index in [0.717, 1.165) is 0 Å². The van der Waals surface area contributed by atoms with E-state index in [1.54, 1.807) is 13.0 Å². The van der Waals surface area contributed by atoms with E-state index in [1.807, 2.05) is 0 Å². The van der Waals surface area contributed by atoms with Crippen molar-refractivity contribution in [1.82, 2.24) is 4.98 Å². The molecule has 0 bridgehead atoms. The van der Waals surface area contributed by atoms with E-state index in [2.05, 4.69) is 10.3 Å². The maximum atomic E-state index is 13.4. The van der Waals surface area contributed by atoms with E-state index in [4.69, 9.17) is 16.3 Å². The first-order valence-corrected chi connectivity index (χ1v) is 7.14. The molecule has 0 aliphatic rings. The van der Waals surface area contributed by atoms with Crippen molar-refractivity contribution in [2.75, 3.05) is 5.32 Å². The Balaban J connectivity index is 1.99. The number of pyridine rings is 1. The van der Waals surface area contributed by atoms with E-state index >= 15 is 0 Å². The first-order valence-electron chi connectivity index (χ1n) is 6.76. The Labute approximate surface area is 137 Å². The van der Waals surface area contributed by atoms with Crippen molar-refractivity contribution in [3.05, 3.63) is 58.6 Å². The number of esters is 1. The minimum atomic E-state index is -1.08. The van der Waals surface area contributed by atoms with Crippen molar-refractivity contribution < 1.29 is 18.7 Å². The highest BCUT2D eigenvalue weighted by Crippen LogP contribution is 2.15. The molecule has 1 heterocycles. The van der Waals surface area contributed by atoms with Crippen molar-refractivity contribution in [2.24, 2.45) is 0 Å². The molecular formula is C16H14ClFN2O3. The summed E-state index contributed by atoms with van der Waals surface area (Å²) < 4.78 is 18.5. The van der Waals surface area contributed by atoms with Gasteiger partial charge in [0, 0.05) is 16.9 Å². The molecule has 2 aromatic rings. The largest absolute Gasteiger partial charge is 0.448 e. The maximum absolute atomic E-state index is 13.4. The molecule has 0 saturated heterocycles. The van der Waals surface area contributed by atoms with Gasteiger partial charge in [0.15, 0.2) is 6.10 Å². The predicted molar refractivity (Wildman–Crippen MR) is 83.9 cm³/mol. The lowest BCUT2D eigenvalue weighted by molar-refractivity contribution is -0.123. The number of nitrogens with zero attached hydrogens (tertiary/aromatic N) is 1. The zero-order valence-corrected chi connectivity index (χ0v) is 13.2. The Morgan fingerprint density at radius 3 is 2.70 bits per heavy atom. The van der Waals surface area contributed by atoms with Crippen LogP contribution in [0.3, 0.4) is 0 Å². The van der Waals surface area contributed by atoms with E-state index in [-0.39, 0.29) is 11.4 Å². The molecule has 0 unspecified atom stereocenters. The van der Waals surface area contributed by atoms with E-state index in [9.17, 15) is 14.0 Å². The average molecular weight is 337 g/mol. The second-order valence-electron chi connectivity index (χ2n) is 4.86. The summed E-state index contributed by atoms with van der Waals surface area (Å²) in [6.45, 7) is 3.02. The number of ether oxygens (including phenoxy) is 1. The number of anilines is 1. The monoisotopic (exact) mass is 336 g/mol. The first kappa shape index (κ1) is 16.9. The Kier molecular flexibility index (Phi) is 5.28.